The third-order valence-corrected chi connectivity index (χ3v) is 4.19. The summed E-state index contributed by atoms with van der Waals surface area (Å²) in [6, 6.07) is 3.22. The number of hydrogen-bond donors (Lipinski definition) is 1. The Balaban J connectivity index is 2.24. The van der Waals surface area contributed by atoms with Gasteiger partial charge in [0.15, 0.2) is 6.61 Å². The van der Waals surface area contributed by atoms with E-state index in [1.165, 1.54) is 7.05 Å². The number of aromatic nitrogens is 2. The number of benzene rings is 1. The topological polar surface area (TPSA) is 113 Å². The molecular weight excluding hydrogens is 407 g/mol. The lowest BCUT2D eigenvalue weighted by molar-refractivity contribution is -0.137. The number of nitrogens with zero attached hydrogens (tertiary/aromatic N) is 2. The van der Waals surface area contributed by atoms with Gasteiger partial charge < -0.3 is 10.5 Å². The molecule has 1 aromatic heterocycles. The first-order valence-corrected chi connectivity index (χ1v) is 8.81. The highest BCUT2D eigenvalue weighted by atomic mass is 19.4. The van der Waals surface area contributed by atoms with Gasteiger partial charge in [-0.25, -0.2) is 9.59 Å². The number of alkyl halides is 3. The van der Waals surface area contributed by atoms with Gasteiger partial charge in [-0.1, -0.05) is 13.8 Å². The first kappa shape index (κ1) is 22.9. The number of nitrogen functional groups attached to an aromatic ring is 1. The van der Waals surface area contributed by atoms with Crippen LogP contribution in [0.2, 0.25) is 0 Å². The van der Waals surface area contributed by atoms with E-state index >= 15 is 0 Å². The summed E-state index contributed by atoms with van der Waals surface area (Å²) in [4.78, 5) is 49.1. The Morgan fingerprint density at radius 2 is 1.70 bits per heavy atom. The molecule has 2 rings (SSSR count). The fraction of sp³-hybridized carbons (Fsp3) is 0.368. The highest BCUT2D eigenvalue weighted by Gasteiger charge is 2.30. The molecule has 0 fully saturated rings. The number of nitrogens with two attached hydrogens (primary N) is 1. The zero-order valence-corrected chi connectivity index (χ0v) is 16.4. The molecule has 162 valence electrons. The molecule has 11 heteroatoms. The maximum absolute atomic E-state index is 12.6. The molecule has 0 aliphatic carbocycles. The van der Waals surface area contributed by atoms with Gasteiger partial charge in [-0.05, 0) is 30.2 Å². The SMILES string of the molecule is CC(C)Cn1c(N)c(C(=O)COC(=O)c2ccc(C(F)(F)F)cc2)c(=O)n(C)c1=O. The Bertz CT molecular complexity index is 1080. The van der Waals surface area contributed by atoms with Crippen LogP contribution in [0.5, 0.6) is 0 Å². The van der Waals surface area contributed by atoms with Crippen LogP contribution in [0.3, 0.4) is 0 Å². The van der Waals surface area contributed by atoms with Crippen LogP contribution in [0.1, 0.15) is 40.1 Å². The molecule has 0 unspecified atom stereocenters. The van der Waals surface area contributed by atoms with Gasteiger partial charge in [-0.3, -0.25) is 18.7 Å². The van der Waals surface area contributed by atoms with Gasteiger partial charge in [-0.2, -0.15) is 13.2 Å². The minimum absolute atomic E-state index is 0.0112. The fourth-order valence-electron chi connectivity index (χ4n) is 2.67. The van der Waals surface area contributed by atoms with Crippen molar-refractivity contribution < 1.29 is 27.5 Å². The molecule has 0 bridgehead atoms. The second-order valence-corrected chi connectivity index (χ2v) is 6.99. The van der Waals surface area contributed by atoms with E-state index in [9.17, 15) is 32.3 Å². The molecule has 30 heavy (non-hydrogen) atoms. The van der Waals surface area contributed by atoms with Gasteiger partial charge in [0.1, 0.15) is 11.4 Å². The summed E-state index contributed by atoms with van der Waals surface area (Å²) >= 11 is 0. The Kier molecular flexibility index (Phi) is 6.53. The average molecular weight is 427 g/mol. The van der Waals surface area contributed by atoms with Gasteiger partial charge in [0, 0.05) is 13.6 Å². The maximum Gasteiger partial charge on any atom is 0.416 e. The molecule has 0 radical (unpaired) electrons. The molecule has 0 aliphatic heterocycles. The van der Waals surface area contributed by atoms with Crippen LogP contribution in [0.4, 0.5) is 19.0 Å². The van der Waals surface area contributed by atoms with Crippen molar-refractivity contribution in [1.29, 1.82) is 0 Å². The number of carbonyl (C=O) groups is 2. The number of anilines is 1. The van der Waals surface area contributed by atoms with E-state index in [-0.39, 0.29) is 23.8 Å². The molecule has 2 aromatic rings. The van der Waals surface area contributed by atoms with Crippen molar-refractivity contribution in [1.82, 2.24) is 9.13 Å². The summed E-state index contributed by atoms with van der Waals surface area (Å²) in [5.74, 6) is -2.34. The van der Waals surface area contributed by atoms with Gasteiger partial charge >= 0.3 is 17.8 Å². The largest absolute Gasteiger partial charge is 0.454 e. The summed E-state index contributed by atoms with van der Waals surface area (Å²) < 4.78 is 44.4. The molecule has 0 amide bonds. The first-order chi connectivity index (χ1) is 13.8. The number of Topliss-reactive ketones (excluding diaryl/α,β-unsaturated/α-hetero) is 1. The number of ether oxygens (including phenoxy) is 1. The van der Waals surface area contributed by atoms with Crippen molar-refractivity contribution in [2.24, 2.45) is 13.0 Å². The van der Waals surface area contributed by atoms with E-state index in [4.69, 9.17) is 10.5 Å². The Hall–Kier alpha value is -3.37. The lowest BCUT2D eigenvalue weighted by atomic mass is 10.1. The Morgan fingerprint density at radius 1 is 1.13 bits per heavy atom. The van der Waals surface area contributed by atoms with E-state index in [0.717, 1.165) is 21.3 Å². The molecule has 2 N–H and O–H groups in total. The van der Waals surface area contributed by atoms with E-state index in [1.807, 2.05) is 13.8 Å². The van der Waals surface area contributed by atoms with E-state index in [0.29, 0.717) is 12.1 Å². The van der Waals surface area contributed by atoms with Crippen LogP contribution in [-0.4, -0.2) is 27.5 Å². The molecule has 0 saturated carbocycles. The van der Waals surface area contributed by atoms with Gasteiger partial charge in [0.2, 0.25) is 5.78 Å². The number of esters is 1. The van der Waals surface area contributed by atoms with E-state index in [2.05, 4.69) is 0 Å². The summed E-state index contributed by atoms with van der Waals surface area (Å²) in [6.07, 6.45) is -4.56. The minimum atomic E-state index is -4.56. The first-order valence-electron chi connectivity index (χ1n) is 8.81. The van der Waals surface area contributed by atoms with Crippen LogP contribution in [0, 0.1) is 5.92 Å². The monoisotopic (exact) mass is 427 g/mol. The Morgan fingerprint density at radius 3 is 2.20 bits per heavy atom. The summed E-state index contributed by atoms with van der Waals surface area (Å²) in [6.45, 7) is 2.90. The van der Waals surface area contributed by atoms with E-state index in [1.54, 1.807) is 0 Å². The highest BCUT2D eigenvalue weighted by molar-refractivity contribution is 6.02. The quantitative estimate of drug-likeness (QED) is 0.556. The molecule has 1 heterocycles. The highest BCUT2D eigenvalue weighted by Crippen LogP contribution is 2.29. The molecule has 0 aliphatic rings. The van der Waals surface area contributed by atoms with E-state index < -0.39 is 46.9 Å². The molecule has 1 aromatic carbocycles. The number of rotatable bonds is 6. The van der Waals surface area contributed by atoms with Crippen molar-refractivity contribution in [2.45, 2.75) is 26.6 Å². The third-order valence-electron chi connectivity index (χ3n) is 4.19. The lowest BCUT2D eigenvalue weighted by Crippen LogP contribution is -2.43. The minimum Gasteiger partial charge on any atom is -0.454 e. The number of carbonyl (C=O) groups excluding carboxylic acids is 2. The normalized spacial score (nSPS) is 11.6. The summed E-state index contributed by atoms with van der Waals surface area (Å²) in [5.41, 5.74) is 2.58. The van der Waals surface area contributed by atoms with Crippen molar-refractivity contribution >= 4 is 17.6 Å². The predicted molar refractivity (Wildman–Crippen MR) is 101 cm³/mol. The molecule has 0 saturated heterocycles. The summed E-state index contributed by atoms with van der Waals surface area (Å²) in [7, 11) is 1.19. The molecular formula is C19H20F3N3O5. The van der Waals surface area contributed by atoms with Crippen LogP contribution in [0.25, 0.3) is 0 Å². The fourth-order valence-corrected chi connectivity index (χ4v) is 2.67. The number of halogens is 3. The molecule has 0 spiro atoms. The number of hydrogen-bond acceptors (Lipinski definition) is 6. The van der Waals surface area contributed by atoms with Crippen LogP contribution in [-0.2, 0) is 24.5 Å². The summed E-state index contributed by atoms with van der Waals surface area (Å²) in [5, 5.41) is 0. The molecule has 0 atom stereocenters. The standard InChI is InChI=1S/C19H20F3N3O5/c1-10(2)8-25-15(23)14(16(27)24(3)18(25)29)13(26)9-30-17(28)11-4-6-12(7-5-11)19(20,21)22/h4-7,10H,8-9,23H2,1-3H3. The van der Waals surface area contributed by atoms with Crippen molar-refractivity contribution in [3.8, 4) is 0 Å². The second kappa shape index (κ2) is 8.56. The van der Waals surface area contributed by atoms with Crippen molar-refractivity contribution in [3.05, 3.63) is 61.8 Å². The molecule has 8 nitrogen and oxygen atoms in total. The van der Waals surface area contributed by atoms with Crippen LogP contribution < -0.4 is 17.0 Å². The van der Waals surface area contributed by atoms with Crippen molar-refractivity contribution in [3.63, 3.8) is 0 Å². The van der Waals surface area contributed by atoms with Gasteiger partial charge in [0.25, 0.3) is 5.56 Å². The lowest BCUT2D eigenvalue weighted by Gasteiger charge is -2.16. The van der Waals surface area contributed by atoms with Gasteiger partial charge in [0.05, 0.1) is 11.1 Å². The predicted octanol–water partition coefficient (Wildman–Crippen LogP) is 1.84. The maximum atomic E-state index is 12.6. The van der Waals surface area contributed by atoms with Crippen LogP contribution in [0.15, 0.2) is 33.9 Å². The second-order valence-electron chi connectivity index (χ2n) is 6.99. The zero-order chi connectivity index (χ0) is 22.8. The third kappa shape index (κ3) is 4.78. The number of ketones is 1. The zero-order valence-electron chi connectivity index (χ0n) is 16.4. The van der Waals surface area contributed by atoms with Crippen molar-refractivity contribution in [2.75, 3.05) is 12.3 Å². The smallest absolute Gasteiger partial charge is 0.416 e. The van der Waals surface area contributed by atoms with Gasteiger partial charge in [-0.15, -0.1) is 0 Å². The Labute approximate surface area is 168 Å². The van der Waals surface area contributed by atoms with Crippen LogP contribution >= 0.6 is 0 Å². The average Bonchev–Trinajstić information content (AvgIpc) is 2.67.